The van der Waals surface area contributed by atoms with Gasteiger partial charge in [0.15, 0.2) is 0 Å². The van der Waals surface area contributed by atoms with E-state index in [1.165, 1.54) is 0 Å². The zero-order valence-electron chi connectivity index (χ0n) is 13.5. The highest BCUT2D eigenvalue weighted by Gasteiger charge is 2.19. The van der Waals surface area contributed by atoms with Crippen LogP contribution < -0.4 is 14.7 Å². The topological polar surface area (TPSA) is 59.3 Å². The predicted octanol–water partition coefficient (Wildman–Crippen LogP) is 1.74. The zero-order valence-corrected chi connectivity index (χ0v) is 13.5. The van der Waals surface area contributed by atoms with Gasteiger partial charge in [0, 0.05) is 52.2 Å². The van der Waals surface area contributed by atoms with E-state index in [9.17, 15) is 0 Å². The Kier molecular flexibility index (Phi) is 4.29. The summed E-state index contributed by atoms with van der Waals surface area (Å²) in [6.07, 6.45) is 1.81. The number of nitrogens with zero attached hydrogens (tertiary/aromatic N) is 6. The highest BCUT2D eigenvalue weighted by atomic mass is 15.3. The van der Waals surface area contributed by atoms with Crippen molar-refractivity contribution >= 4 is 17.5 Å². The van der Waals surface area contributed by atoms with Gasteiger partial charge in [-0.25, -0.2) is 4.98 Å². The van der Waals surface area contributed by atoms with Gasteiger partial charge in [-0.15, -0.1) is 0 Å². The molecule has 23 heavy (non-hydrogen) atoms. The van der Waals surface area contributed by atoms with Gasteiger partial charge in [-0.2, -0.15) is 10.2 Å². The number of nitriles is 1. The van der Waals surface area contributed by atoms with E-state index in [2.05, 4.69) is 31.9 Å². The molecule has 1 aliphatic rings. The Balaban J connectivity index is 1.68. The fraction of sp³-hybridized carbons (Fsp3) is 0.353. The molecule has 0 aliphatic carbocycles. The van der Waals surface area contributed by atoms with Gasteiger partial charge < -0.3 is 14.7 Å². The third-order valence-electron chi connectivity index (χ3n) is 3.99. The molecule has 0 N–H and O–H groups in total. The van der Waals surface area contributed by atoms with Gasteiger partial charge in [-0.3, -0.25) is 0 Å². The highest BCUT2D eigenvalue weighted by molar-refractivity contribution is 5.53. The fourth-order valence-corrected chi connectivity index (χ4v) is 2.68. The minimum atomic E-state index is 0.701. The summed E-state index contributed by atoms with van der Waals surface area (Å²) in [5, 5.41) is 9.02. The molecule has 0 bridgehead atoms. The first-order valence-corrected chi connectivity index (χ1v) is 7.68. The van der Waals surface area contributed by atoms with Gasteiger partial charge in [0.2, 0.25) is 5.95 Å². The summed E-state index contributed by atoms with van der Waals surface area (Å²) in [5.41, 5.74) is 1.80. The van der Waals surface area contributed by atoms with Crippen LogP contribution in [0, 0.1) is 11.3 Å². The van der Waals surface area contributed by atoms with Crippen molar-refractivity contribution in [1.29, 1.82) is 5.26 Å². The molecule has 118 valence electrons. The maximum atomic E-state index is 9.02. The van der Waals surface area contributed by atoms with E-state index in [1.807, 2.05) is 43.3 Å². The SMILES string of the molecule is CN(C)c1ccnc(N2CCN(c3cccc(C#N)c3)CC2)n1. The van der Waals surface area contributed by atoms with Crippen LogP contribution in [0.15, 0.2) is 36.5 Å². The van der Waals surface area contributed by atoms with Gasteiger partial charge in [-0.05, 0) is 24.3 Å². The number of anilines is 3. The van der Waals surface area contributed by atoms with Gasteiger partial charge in [0.1, 0.15) is 5.82 Å². The Bertz CT molecular complexity index is 713. The van der Waals surface area contributed by atoms with Crippen molar-refractivity contribution in [3.63, 3.8) is 0 Å². The molecule has 0 spiro atoms. The van der Waals surface area contributed by atoms with Crippen LogP contribution in [0.1, 0.15) is 5.56 Å². The summed E-state index contributed by atoms with van der Waals surface area (Å²) < 4.78 is 0. The zero-order chi connectivity index (χ0) is 16.2. The van der Waals surface area contributed by atoms with Crippen molar-refractivity contribution in [2.75, 3.05) is 55.0 Å². The number of hydrogen-bond donors (Lipinski definition) is 0. The second kappa shape index (κ2) is 6.53. The summed E-state index contributed by atoms with van der Waals surface area (Å²) in [5.74, 6) is 1.70. The number of piperazine rings is 1. The molecule has 1 aliphatic heterocycles. The standard InChI is InChI=1S/C17H20N6/c1-21(2)16-6-7-19-17(20-16)23-10-8-22(9-11-23)15-5-3-4-14(12-15)13-18/h3-7,12H,8-11H2,1-2H3. The Morgan fingerprint density at radius 3 is 2.52 bits per heavy atom. The molecule has 1 aromatic heterocycles. The third-order valence-corrected chi connectivity index (χ3v) is 3.99. The van der Waals surface area contributed by atoms with E-state index in [0.29, 0.717) is 5.56 Å². The number of benzene rings is 1. The van der Waals surface area contributed by atoms with Crippen LogP contribution in [-0.2, 0) is 0 Å². The van der Waals surface area contributed by atoms with Crippen LogP contribution >= 0.6 is 0 Å². The summed E-state index contributed by atoms with van der Waals surface area (Å²) >= 11 is 0. The first-order valence-electron chi connectivity index (χ1n) is 7.68. The minimum Gasteiger partial charge on any atom is -0.368 e. The van der Waals surface area contributed by atoms with Gasteiger partial charge in [0.25, 0.3) is 0 Å². The van der Waals surface area contributed by atoms with Gasteiger partial charge >= 0.3 is 0 Å². The van der Waals surface area contributed by atoms with E-state index >= 15 is 0 Å². The van der Waals surface area contributed by atoms with Crippen LogP contribution in [0.3, 0.4) is 0 Å². The largest absolute Gasteiger partial charge is 0.368 e. The predicted molar refractivity (Wildman–Crippen MR) is 91.9 cm³/mol. The molecule has 1 fully saturated rings. The van der Waals surface area contributed by atoms with Crippen molar-refractivity contribution in [2.45, 2.75) is 0 Å². The molecule has 0 saturated carbocycles. The Labute approximate surface area is 136 Å². The molecule has 3 rings (SSSR count). The second-order valence-corrected chi connectivity index (χ2v) is 5.75. The lowest BCUT2D eigenvalue weighted by molar-refractivity contribution is 0.640. The average molecular weight is 308 g/mol. The summed E-state index contributed by atoms with van der Waals surface area (Å²) in [7, 11) is 3.96. The van der Waals surface area contributed by atoms with E-state index < -0.39 is 0 Å². The minimum absolute atomic E-state index is 0.701. The molecule has 0 radical (unpaired) electrons. The van der Waals surface area contributed by atoms with Crippen molar-refractivity contribution in [2.24, 2.45) is 0 Å². The van der Waals surface area contributed by atoms with Crippen molar-refractivity contribution < 1.29 is 0 Å². The number of aromatic nitrogens is 2. The lowest BCUT2D eigenvalue weighted by Crippen LogP contribution is -2.47. The van der Waals surface area contributed by atoms with Crippen LogP contribution in [0.5, 0.6) is 0 Å². The molecule has 0 atom stereocenters. The third kappa shape index (κ3) is 3.34. The Morgan fingerprint density at radius 2 is 1.83 bits per heavy atom. The van der Waals surface area contributed by atoms with Crippen molar-refractivity contribution in [3.8, 4) is 6.07 Å². The van der Waals surface area contributed by atoms with Crippen molar-refractivity contribution in [1.82, 2.24) is 9.97 Å². The summed E-state index contributed by atoms with van der Waals surface area (Å²) in [6.45, 7) is 3.52. The first-order chi connectivity index (χ1) is 11.2. The quantitative estimate of drug-likeness (QED) is 0.861. The average Bonchev–Trinajstić information content (AvgIpc) is 2.62. The fourth-order valence-electron chi connectivity index (χ4n) is 2.68. The first kappa shape index (κ1) is 15.1. The molecular weight excluding hydrogens is 288 g/mol. The number of hydrogen-bond acceptors (Lipinski definition) is 6. The van der Waals surface area contributed by atoms with Gasteiger partial charge in [-0.1, -0.05) is 6.07 Å². The maximum Gasteiger partial charge on any atom is 0.227 e. The molecule has 1 saturated heterocycles. The monoisotopic (exact) mass is 308 g/mol. The molecule has 0 amide bonds. The summed E-state index contributed by atoms with van der Waals surface area (Å²) in [6, 6.07) is 11.9. The molecule has 0 unspecified atom stereocenters. The summed E-state index contributed by atoms with van der Waals surface area (Å²) in [4.78, 5) is 15.5. The lowest BCUT2D eigenvalue weighted by Gasteiger charge is -2.36. The van der Waals surface area contributed by atoms with Crippen LogP contribution in [0.2, 0.25) is 0 Å². The molecule has 6 heteroatoms. The van der Waals surface area contributed by atoms with E-state index in [1.54, 1.807) is 6.20 Å². The van der Waals surface area contributed by atoms with Crippen LogP contribution in [0.25, 0.3) is 0 Å². The van der Waals surface area contributed by atoms with E-state index in [-0.39, 0.29) is 0 Å². The Hall–Kier alpha value is -2.81. The lowest BCUT2D eigenvalue weighted by atomic mass is 10.2. The maximum absolute atomic E-state index is 9.02. The second-order valence-electron chi connectivity index (χ2n) is 5.75. The molecule has 2 aromatic rings. The van der Waals surface area contributed by atoms with Crippen LogP contribution in [-0.4, -0.2) is 50.2 Å². The molecule has 6 nitrogen and oxygen atoms in total. The van der Waals surface area contributed by atoms with E-state index in [4.69, 9.17) is 5.26 Å². The van der Waals surface area contributed by atoms with Crippen molar-refractivity contribution in [3.05, 3.63) is 42.1 Å². The van der Waals surface area contributed by atoms with Crippen LogP contribution in [0.4, 0.5) is 17.5 Å². The van der Waals surface area contributed by atoms with Gasteiger partial charge in [0.05, 0.1) is 11.6 Å². The highest BCUT2D eigenvalue weighted by Crippen LogP contribution is 2.20. The molecule has 2 heterocycles. The molecule has 1 aromatic carbocycles. The smallest absolute Gasteiger partial charge is 0.227 e. The van der Waals surface area contributed by atoms with E-state index in [0.717, 1.165) is 43.6 Å². The normalized spacial score (nSPS) is 14.5. The Morgan fingerprint density at radius 1 is 1.09 bits per heavy atom. The number of rotatable bonds is 3. The molecular formula is C17H20N6.